The van der Waals surface area contributed by atoms with Gasteiger partial charge in [-0.2, -0.15) is 0 Å². The minimum absolute atomic E-state index is 0.521. The number of nitrogens with zero attached hydrogens (tertiary/aromatic N) is 3. The molecule has 1 saturated heterocycles. The third-order valence-electron chi connectivity index (χ3n) is 4.03. The number of anilines is 2. The predicted molar refractivity (Wildman–Crippen MR) is 79.2 cm³/mol. The summed E-state index contributed by atoms with van der Waals surface area (Å²) < 4.78 is 0. The maximum absolute atomic E-state index is 5.57. The zero-order chi connectivity index (χ0) is 14.0. The van der Waals surface area contributed by atoms with E-state index in [4.69, 9.17) is 10.8 Å². The van der Waals surface area contributed by atoms with Crippen LogP contribution in [0.4, 0.5) is 11.6 Å². The molecule has 1 aromatic heterocycles. The molecule has 2 atom stereocenters. The van der Waals surface area contributed by atoms with Gasteiger partial charge in [0, 0.05) is 24.6 Å². The minimum Gasteiger partial charge on any atom is -0.353 e. The maximum atomic E-state index is 5.57. The Morgan fingerprint density at radius 1 is 1.37 bits per heavy atom. The summed E-state index contributed by atoms with van der Waals surface area (Å²) in [5.74, 6) is 9.00. The van der Waals surface area contributed by atoms with E-state index < -0.39 is 0 Å². The van der Waals surface area contributed by atoms with Crippen molar-refractivity contribution >= 4 is 11.6 Å². The van der Waals surface area contributed by atoms with Crippen molar-refractivity contribution in [1.29, 1.82) is 0 Å². The second-order valence-electron chi connectivity index (χ2n) is 5.61. The molecular weight excluding hydrogens is 238 g/mol. The van der Waals surface area contributed by atoms with Crippen LogP contribution in [0.1, 0.15) is 45.0 Å². The van der Waals surface area contributed by atoms with Crippen molar-refractivity contribution in [2.75, 3.05) is 16.9 Å². The molecule has 2 rings (SSSR count). The van der Waals surface area contributed by atoms with Gasteiger partial charge in [-0.1, -0.05) is 13.8 Å². The van der Waals surface area contributed by atoms with E-state index in [1.807, 2.05) is 6.92 Å². The second kappa shape index (κ2) is 5.74. The summed E-state index contributed by atoms with van der Waals surface area (Å²) in [6.07, 6.45) is 3.26. The Bertz CT molecular complexity index is 446. The molecule has 1 aliphatic heterocycles. The topological polar surface area (TPSA) is 67.1 Å². The zero-order valence-electron chi connectivity index (χ0n) is 12.4. The summed E-state index contributed by atoms with van der Waals surface area (Å²) in [6, 6.07) is 0.521. The summed E-state index contributed by atoms with van der Waals surface area (Å²) in [7, 11) is 0. The van der Waals surface area contributed by atoms with Crippen LogP contribution in [0.5, 0.6) is 0 Å². The van der Waals surface area contributed by atoms with Gasteiger partial charge in [0.05, 0.1) is 0 Å². The highest BCUT2D eigenvalue weighted by molar-refractivity contribution is 5.58. The van der Waals surface area contributed by atoms with Crippen molar-refractivity contribution in [1.82, 2.24) is 9.97 Å². The highest BCUT2D eigenvalue weighted by atomic mass is 15.3. The lowest BCUT2D eigenvalue weighted by Crippen LogP contribution is -2.41. The van der Waals surface area contributed by atoms with E-state index in [1.165, 1.54) is 12.8 Å². The molecule has 5 nitrogen and oxygen atoms in total. The lowest BCUT2D eigenvalue weighted by atomic mass is 9.93. The Morgan fingerprint density at radius 3 is 2.68 bits per heavy atom. The van der Waals surface area contributed by atoms with Gasteiger partial charge in [-0.25, -0.2) is 15.8 Å². The molecule has 1 aromatic rings. The minimum atomic E-state index is 0.521. The number of nitrogen functional groups attached to an aromatic ring is 1. The van der Waals surface area contributed by atoms with Gasteiger partial charge < -0.3 is 10.3 Å². The fraction of sp³-hybridized carbons (Fsp3) is 0.714. The van der Waals surface area contributed by atoms with Gasteiger partial charge in [0.1, 0.15) is 17.5 Å². The molecule has 3 N–H and O–H groups in total. The molecule has 19 heavy (non-hydrogen) atoms. The summed E-state index contributed by atoms with van der Waals surface area (Å²) in [6.45, 7) is 9.77. The van der Waals surface area contributed by atoms with Gasteiger partial charge in [-0.05, 0) is 32.6 Å². The van der Waals surface area contributed by atoms with E-state index in [2.05, 4.69) is 36.1 Å². The summed E-state index contributed by atoms with van der Waals surface area (Å²) in [5.41, 5.74) is 3.74. The molecule has 0 aliphatic carbocycles. The Balaban J connectivity index is 2.37. The fourth-order valence-corrected chi connectivity index (χ4v) is 2.85. The smallest absolute Gasteiger partial charge is 0.148 e. The monoisotopic (exact) mass is 263 g/mol. The highest BCUT2D eigenvalue weighted by Crippen LogP contribution is 2.30. The van der Waals surface area contributed by atoms with Crippen LogP contribution in [0.25, 0.3) is 0 Å². The van der Waals surface area contributed by atoms with Crippen molar-refractivity contribution in [3.05, 3.63) is 11.4 Å². The molecule has 2 unspecified atom stereocenters. The summed E-state index contributed by atoms with van der Waals surface area (Å²) >= 11 is 0. The average Bonchev–Trinajstić information content (AvgIpc) is 2.40. The Hall–Kier alpha value is -1.36. The molecule has 5 heteroatoms. The van der Waals surface area contributed by atoms with Crippen LogP contribution in [-0.2, 0) is 6.42 Å². The molecule has 1 fully saturated rings. The van der Waals surface area contributed by atoms with Gasteiger partial charge in [-0.15, -0.1) is 0 Å². The first-order valence-electron chi connectivity index (χ1n) is 7.17. The van der Waals surface area contributed by atoms with Gasteiger partial charge >= 0.3 is 0 Å². The van der Waals surface area contributed by atoms with Crippen molar-refractivity contribution in [3.8, 4) is 0 Å². The van der Waals surface area contributed by atoms with E-state index >= 15 is 0 Å². The number of aromatic nitrogens is 2. The first kappa shape index (κ1) is 14.1. The van der Waals surface area contributed by atoms with Crippen LogP contribution in [0, 0.1) is 12.8 Å². The first-order valence-corrected chi connectivity index (χ1v) is 7.17. The van der Waals surface area contributed by atoms with E-state index in [-0.39, 0.29) is 0 Å². The zero-order valence-corrected chi connectivity index (χ0v) is 12.4. The lowest BCUT2D eigenvalue weighted by molar-refractivity contribution is 0.375. The van der Waals surface area contributed by atoms with E-state index in [9.17, 15) is 0 Å². The van der Waals surface area contributed by atoms with Crippen LogP contribution in [0.2, 0.25) is 0 Å². The van der Waals surface area contributed by atoms with Crippen LogP contribution >= 0.6 is 0 Å². The third-order valence-corrected chi connectivity index (χ3v) is 4.03. The molecule has 0 amide bonds. The van der Waals surface area contributed by atoms with Crippen LogP contribution < -0.4 is 16.2 Å². The summed E-state index contributed by atoms with van der Waals surface area (Å²) in [5, 5.41) is 0. The Morgan fingerprint density at radius 2 is 2.11 bits per heavy atom. The molecule has 1 aliphatic rings. The Kier molecular flexibility index (Phi) is 4.24. The van der Waals surface area contributed by atoms with Crippen molar-refractivity contribution in [2.24, 2.45) is 11.8 Å². The van der Waals surface area contributed by atoms with Gasteiger partial charge in [0.15, 0.2) is 0 Å². The predicted octanol–water partition coefficient (Wildman–Crippen LogP) is 2.26. The number of aryl methyl sites for hydroxylation is 1. The number of rotatable bonds is 3. The number of hydrazine groups is 1. The number of nitrogens with one attached hydrogen (secondary N) is 1. The maximum Gasteiger partial charge on any atom is 0.148 e. The normalized spacial score (nSPS) is 23.5. The van der Waals surface area contributed by atoms with E-state index in [1.54, 1.807) is 0 Å². The van der Waals surface area contributed by atoms with Gasteiger partial charge in [0.25, 0.3) is 0 Å². The fourth-order valence-electron chi connectivity index (χ4n) is 2.85. The van der Waals surface area contributed by atoms with Crippen LogP contribution in [-0.4, -0.2) is 22.6 Å². The summed E-state index contributed by atoms with van der Waals surface area (Å²) in [4.78, 5) is 11.5. The van der Waals surface area contributed by atoms with Crippen molar-refractivity contribution < 1.29 is 0 Å². The average molecular weight is 263 g/mol. The number of nitrogens with two attached hydrogens (primary N) is 1. The van der Waals surface area contributed by atoms with Crippen molar-refractivity contribution in [3.63, 3.8) is 0 Å². The molecule has 0 radical (unpaired) electrons. The van der Waals surface area contributed by atoms with Crippen LogP contribution in [0.15, 0.2) is 0 Å². The highest BCUT2D eigenvalue weighted by Gasteiger charge is 2.26. The quantitative estimate of drug-likeness (QED) is 0.647. The Labute approximate surface area is 115 Å². The molecule has 2 heterocycles. The number of hydrogen-bond donors (Lipinski definition) is 2. The third kappa shape index (κ3) is 2.81. The van der Waals surface area contributed by atoms with E-state index in [0.717, 1.165) is 41.9 Å². The molecule has 0 saturated carbocycles. The molecule has 0 bridgehead atoms. The van der Waals surface area contributed by atoms with Crippen LogP contribution in [0.3, 0.4) is 0 Å². The SMILES string of the molecule is CCc1nc(NN)c(C)c(N2CCC(C)CC2C)n1. The number of hydrogen-bond acceptors (Lipinski definition) is 5. The van der Waals surface area contributed by atoms with E-state index in [0.29, 0.717) is 6.04 Å². The molecular formula is C14H25N5. The lowest BCUT2D eigenvalue weighted by Gasteiger charge is -2.38. The van der Waals surface area contributed by atoms with Crippen molar-refractivity contribution in [2.45, 2.75) is 53.0 Å². The van der Waals surface area contributed by atoms with Gasteiger partial charge in [0.2, 0.25) is 0 Å². The van der Waals surface area contributed by atoms with Gasteiger partial charge in [-0.3, -0.25) is 0 Å². The molecule has 0 aromatic carbocycles. The first-order chi connectivity index (χ1) is 9.06. The molecule has 106 valence electrons. The second-order valence-corrected chi connectivity index (χ2v) is 5.61. The largest absolute Gasteiger partial charge is 0.353 e. The number of piperidine rings is 1. The standard InChI is InChI=1S/C14H25N5/c1-5-12-16-13(18-15)11(4)14(17-12)19-7-6-9(2)8-10(19)3/h9-10H,5-8,15H2,1-4H3,(H,16,17,18). The molecule has 0 spiro atoms.